The molecule has 21 heavy (non-hydrogen) atoms. The zero-order valence-corrected chi connectivity index (χ0v) is 12.6. The third kappa shape index (κ3) is 3.09. The van der Waals surface area contributed by atoms with Crippen molar-refractivity contribution >= 4 is 34.8 Å². The minimum atomic E-state index is -0.518. The highest BCUT2D eigenvalue weighted by Crippen LogP contribution is 2.41. The van der Waals surface area contributed by atoms with Crippen LogP contribution in [0.1, 0.15) is 37.9 Å². The Morgan fingerprint density at radius 1 is 1.29 bits per heavy atom. The van der Waals surface area contributed by atoms with Gasteiger partial charge in [-0.1, -0.05) is 23.7 Å². The van der Waals surface area contributed by atoms with E-state index in [0.717, 1.165) is 6.42 Å². The van der Waals surface area contributed by atoms with Gasteiger partial charge in [0, 0.05) is 22.4 Å². The first-order chi connectivity index (χ1) is 10.0. The third-order valence-electron chi connectivity index (χ3n) is 3.51. The van der Waals surface area contributed by atoms with Crippen molar-refractivity contribution in [2.45, 2.75) is 18.4 Å². The van der Waals surface area contributed by atoms with Crippen molar-refractivity contribution in [1.82, 2.24) is 5.32 Å². The summed E-state index contributed by atoms with van der Waals surface area (Å²) in [5.74, 6) is -0.341. The molecule has 1 aliphatic carbocycles. The number of hydrogen-bond donors (Lipinski definition) is 2. The monoisotopic (exact) mass is 320 g/mol. The lowest BCUT2D eigenvalue weighted by atomic mass is 10.1. The van der Waals surface area contributed by atoms with Crippen LogP contribution in [0, 0.1) is 0 Å². The van der Waals surface area contributed by atoms with Crippen LogP contribution in [0.5, 0.6) is 0 Å². The lowest BCUT2D eigenvalue weighted by Crippen LogP contribution is -2.25. The van der Waals surface area contributed by atoms with Gasteiger partial charge in [0.25, 0.3) is 5.91 Å². The number of nitrogens with two attached hydrogens (primary N) is 1. The number of rotatable bonds is 4. The smallest absolute Gasteiger partial charge is 0.261 e. The van der Waals surface area contributed by atoms with Gasteiger partial charge >= 0.3 is 0 Å². The summed E-state index contributed by atoms with van der Waals surface area (Å²) in [4.78, 5) is 23.6. The standard InChI is InChI=1S/C15H13ClN2O2S/c16-10-3-1-8(2-4-10)11-6-12(11)18-15(20)13-5-9(7-21-13)14(17)19/h1-5,7,11-12H,6H2,(H2,17,19)(H,18,20)/t11-,12-/m0/s1. The molecule has 2 atom stereocenters. The van der Waals surface area contributed by atoms with Crippen LogP contribution in [0.15, 0.2) is 35.7 Å². The van der Waals surface area contributed by atoms with E-state index >= 15 is 0 Å². The van der Waals surface area contributed by atoms with Gasteiger partial charge in [-0.3, -0.25) is 9.59 Å². The van der Waals surface area contributed by atoms with Crippen LogP contribution in [-0.4, -0.2) is 17.9 Å². The van der Waals surface area contributed by atoms with Crippen molar-refractivity contribution in [3.8, 4) is 0 Å². The molecule has 1 aliphatic rings. The van der Waals surface area contributed by atoms with E-state index in [0.29, 0.717) is 21.4 Å². The van der Waals surface area contributed by atoms with Crippen LogP contribution in [0.2, 0.25) is 5.02 Å². The topological polar surface area (TPSA) is 72.2 Å². The Kier molecular flexibility index (Phi) is 3.69. The van der Waals surface area contributed by atoms with Gasteiger partial charge in [0.05, 0.1) is 10.4 Å². The Morgan fingerprint density at radius 2 is 2.00 bits per heavy atom. The quantitative estimate of drug-likeness (QED) is 0.909. The van der Waals surface area contributed by atoms with Crippen LogP contribution < -0.4 is 11.1 Å². The number of halogens is 1. The molecule has 0 aliphatic heterocycles. The summed E-state index contributed by atoms with van der Waals surface area (Å²) < 4.78 is 0. The number of amides is 2. The fourth-order valence-electron chi connectivity index (χ4n) is 2.26. The molecule has 3 N–H and O–H groups in total. The van der Waals surface area contributed by atoms with Crippen LogP contribution in [0.3, 0.4) is 0 Å². The maximum Gasteiger partial charge on any atom is 0.261 e. The van der Waals surface area contributed by atoms with Gasteiger partial charge in [-0.2, -0.15) is 0 Å². The van der Waals surface area contributed by atoms with E-state index in [-0.39, 0.29) is 11.9 Å². The third-order valence-corrected chi connectivity index (χ3v) is 4.69. The molecule has 1 saturated carbocycles. The first kappa shape index (κ1) is 14.1. The molecule has 3 rings (SSSR count). The normalized spacial score (nSPS) is 20.0. The molecule has 4 nitrogen and oxygen atoms in total. The summed E-state index contributed by atoms with van der Waals surface area (Å²) in [6, 6.07) is 9.34. The number of primary amides is 1. The Hall–Kier alpha value is -1.85. The SMILES string of the molecule is NC(=O)c1csc(C(=O)N[C@H]2C[C@H]2c2ccc(Cl)cc2)c1. The van der Waals surface area contributed by atoms with E-state index < -0.39 is 5.91 Å². The van der Waals surface area contributed by atoms with Crippen molar-refractivity contribution < 1.29 is 9.59 Å². The van der Waals surface area contributed by atoms with Crippen molar-refractivity contribution in [2.75, 3.05) is 0 Å². The van der Waals surface area contributed by atoms with Crippen LogP contribution in [0.25, 0.3) is 0 Å². The average molecular weight is 321 g/mol. The molecule has 1 aromatic heterocycles. The predicted molar refractivity (Wildman–Crippen MR) is 82.9 cm³/mol. The number of carbonyl (C=O) groups excluding carboxylic acids is 2. The number of nitrogens with one attached hydrogen (secondary N) is 1. The second-order valence-corrected chi connectivity index (χ2v) is 6.39. The molecular formula is C15H13ClN2O2S. The Labute approximate surface area is 130 Å². The first-order valence-corrected chi connectivity index (χ1v) is 7.75. The summed E-state index contributed by atoms with van der Waals surface area (Å²) in [5.41, 5.74) is 6.72. The maximum absolute atomic E-state index is 12.1. The van der Waals surface area contributed by atoms with E-state index in [2.05, 4.69) is 5.32 Å². The van der Waals surface area contributed by atoms with Gasteiger partial charge < -0.3 is 11.1 Å². The molecule has 1 heterocycles. The second-order valence-electron chi connectivity index (χ2n) is 5.04. The number of thiophene rings is 1. The fraction of sp³-hybridized carbons (Fsp3) is 0.200. The van der Waals surface area contributed by atoms with E-state index in [1.54, 1.807) is 5.38 Å². The molecule has 0 spiro atoms. The molecule has 2 aromatic rings. The van der Waals surface area contributed by atoms with E-state index in [4.69, 9.17) is 17.3 Å². The number of hydrogen-bond acceptors (Lipinski definition) is 3. The van der Waals surface area contributed by atoms with E-state index in [1.807, 2.05) is 24.3 Å². The predicted octanol–water partition coefficient (Wildman–Crippen LogP) is 2.79. The van der Waals surface area contributed by atoms with Gasteiger partial charge in [0.2, 0.25) is 5.91 Å². The number of carbonyl (C=O) groups is 2. The van der Waals surface area contributed by atoms with E-state index in [9.17, 15) is 9.59 Å². The van der Waals surface area contributed by atoms with Gasteiger partial charge in [-0.15, -0.1) is 11.3 Å². The van der Waals surface area contributed by atoms with Crippen molar-refractivity contribution in [3.05, 3.63) is 56.7 Å². The van der Waals surface area contributed by atoms with Gasteiger partial charge in [-0.25, -0.2) is 0 Å². The molecule has 0 unspecified atom stereocenters. The largest absolute Gasteiger partial charge is 0.366 e. The van der Waals surface area contributed by atoms with Gasteiger partial charge in [0.15, 0.2) is 0 Å². The van der Waals surface area contributed by atoms with Crippen molar-refractivity contribution in [3.63, 3.8) is 0 Å². The van der Waals surface area contributed by atoms with Crippen LogP contribution in [0.4, 0.5) is 0 Å². The molecule has 0 bridgehead atoms. The summed E-state index contributed by atoms with van der Waals surface area (Å²) in [6.45, 7) is 0. The molecular weight excluding hydrogens is 308 g/mol. The van der Waals surface area contributed by atoms with Crippen LogP contribution >= 0.6 is 22.9 Å². The second kappa shape index (κ2) is 5.50. The molecule has 0 radical (unpaired) electrons. The van der Waals surface area contributed by atoms with Crippen molar-refractivity contribution in [1.29, 1.82) is 0 Å². The minimum Gasteiger partial charge on any atom is -0.366 e. The molecule has 108 valence electrons. The summed E-state index contributed by atoms with van der Waals surface area (Å²) in [6.07, 6.45) is 0.918. The molecule has 2 amide bonds. The fourth-order valence-corrected chi connectivity index (χ4v) is 3.18. The summed E-state index contributed by atoms with van der Waals surface area (Å²) in [5, 5.41) is 5.28. The highest BCUT2D eigenvalue weighted by Gasteiger charge is 2.39. The highest BCUT2D eigenvalue weighted by atomic mass is 35.5. The van der Waals surface area contributed by atoms with Gasteiger partial charge in [0.1, 0.15) is 0 Å². The molecule has 6 heteroatoms. The molecule has 1 fully saturated rings. The Morgan fingerprint density at radius 3 is 2.62 bits per heavy atom. The highest BCUT2D eigenvalue weighted by molar-refractivity contribution is 7.12. The maximum atomic E-state index is 12.1. The zero-order chi connectivity index (χ0) is 15.0. The van der Waals surface area contributed by atoms with Gasteiger partial charge in [-0.05, 0) is 30.2 Å². The zero-order valence-electron chi connectivity index (χ0n) is 11.0. The lowest BCUT2D eigenvalue weighted by Gasteiger charge is -2.03. The molecule has 1 aromatic carbocycles. The minimum absolute atomic E-state index is 0.137. The molecule has 0 saturated heterocycles. The van der Waals surface area contributed by atoms with Crippen LogP contribution in [-0.2, 0) is 0 Å². The summed E-state index contributed by atoms with van der Waals surface area (Å²) in [7, 11) is 0. The Bertz CT molecular complexity index is 696. The van der Waals surface area contributed by atoms with Crippen molar-refractivity contribution in [2.24, 2.45) is 5.73 Å². The number of benzene rings is 1. The first-order valence-electron chi connectivity index (χ1n) is 6.49. The summed E-state index contributed by atoms with van der Waals surface area (Å²) >= 11 is 7.08. The lowest BCUT2D eigenvalue weighted by molar-refractivity contribution is 0.0954. The van der Waals surface area contributed by atoms with E-state index in [1.165, 1.54) is 23.0 Å². The average Bonchev–Trinajstić information content (AvgIpc) is 3.03. The Balaban J connectivity index is 1.61.